The lowest BCUT2D eigenvalue weighted by Crippen LogP contribution is -2.57. The summed E-state index contributed by atoms with van der Waals surface area (Å²) in [5.41, 5.74) is 0. The Hall–Kier alpha value is -2.32. The van der Waals surface area contributed by atoms with E-state index >= 15 is 0 Å². The van der Waals surface area contributed by atoms with Gasteiger partial charge in [-0.1, -0.05) is 0 Å². The molecule has 2 amide bonds. The Kier molecular flexibility index (Phi) is 4.57. The maximum Gasteiger partial charge on any atom is 0.415 e. The molecule has 25 heavy (non-hydrogen) atoms. The summed E-state index contributed by atoms with van der Waals surface area (Å²) < 4.78 is 59.1. The number of hydrogen-bond donors (Lipinski definition) is 0. The molecule has 0 N–H and O–H groups in total. The van der Waals surface area contributed by atoms with Crippen LogP contribution < -0.4 is 4.74 Å². The van der Waals surface area contributed by atoms with Crippen LogP contribution in [0.15, 0.2) is 18.2 Å². The van der Waals surface area contributed by atoms with E-state index in [1.807, 2.05) is 0 Å². The first-order valence-electron chi connectivity index (χ1n) is 7.84. The SMILES string of the molecule is O=C(Oc1cc(F)cc(F)c1)N1C[C@H](N2CCCC2=O)CC(F)(F)C1. The van der Waals surface area contributed by atoms with E-state index in [-0.39, 0.29) is 12.5 Å². The lowest BCUT2D eigenvalue weighted by molar-refractivity contribution is -0.135. The summed E-state index contributed by atoms with van der Waals surface area (Å²) in [5.74, 6) is -5.72. The molecule has 136 valence electrons. The molecule has 2 aliphatic heterocycles. The van der Waals surface area contributed by atoms with Gasteiger partial charge in [0.25, 0.3) is 5.92 Å². The Morgan fingerprint density at radius 1 is 1.20 bits per heavy atom. The van der Waals surface area contributed by atoms with Crippen LogP contribution in [0.1, 0.15) is 19.3 Å². The van der Waals surface area contributed by atoms with E-state index in [2.05, 4.69) is 0 Å². The van der Waals surface area contributed by atoms with E-state index in [1.54, 1.807) is 0 Å². The first-order valence-corrected chi connectivity index (χ1v) is 7.84. The van der Waals surface area contributed by atoms with Crippen LogP contribution in [0.3, 0.4) is 0 Å². The maximum atomic E-state index is 14.0. The number of rotatable bonds is 2. The van der Waals surface area contributed by atoms with Crippen molar-refractivity contribution in [2.45, 2.75) is 31.2 Å². The molecule has 0 aliphatic carbocycles. The first kappa shape index (κ1) is 17.5. The molecular weight excluding hydrogens is 344 g/mol. The standard InChI is InChI=1S/C16H16F4N2O3/c17-10-4-11(18)6-13(5-10)25-15(24)21-8-12(7-16(19,20)9-21)22-3-1-2-14(22)23/h4-6,12H,1-3,7-9H2/t12-/m1/s1. The Morgan fingerprint density at radius 3 is 2.48 bits per heavy atom. The van der Waals surface area contributed by atoms with Crippen LogP contribution in [0.2, 0.25) is 0 Å². The fourth-order valence-electron chi connectivity index (χ4n) is 3.23. The van der Waals surface area contributed by atoms with Crippen LogP contribution in [0, 0.1) is 11.6 Å². The molecule has 0 saturated carbocycles. The van der Waals surface area contributed by atoms with Gasteiger partial charge in [-0.15, -0.1) is 0 Å². The summed E-state index contributed by atoms with van der Waals surface area (Å²) in [6.07, 6.45) is -0.777. The smallest absolute Gasteiger partial charge is 0.410 e. The van der Waals surface area contributed by atoms with Crippen LogP contribution in [-0.2, 0) is 4.79 Å². The fourth-order valence-corrected chi connectivity index (χ4v) is 3.23. The van der Waals surface area contributed by atoms with Gasteiger partial charge in [-0.2, -0.15) is 0 Å². The zero-order valence-electron chi connectivity index (χ0n) is 13.2. The molecule has 5 nitrogen and oxygen atoms in total. The molecule has 1 atom stereocenters. The largest absolute Gasteiger partial charge is 0.415 e. The molecule has 2 saturated heterocycles. The number of ether oxygens (including phenoxy) is 1. The monoisotopic (exact) mass is 360 g/mol. The van der Waals surface area contributed by atoms with E-state index < -0.39 is 48.4 Å². The summed E-state index contributed by atoms with van der Waals surface area (Å²) in [5, 5.41) is 0. The van der Waals surface area contributed by atoms with Gasteiger partial charge in [-0.3, -0.25) is 9.69 Å². The van der Waals surface area contributed by atoms with Crippen molar-refractivity contribution in [3.8, 4) is 5.75 Å². The Morgan fingerprint density at radius 2 is 1.88 bits per heavy atom. The van der Waals surface area contributed by atoms with Gasteiger partial charge in [0.15, 0.2) is 0 Å². The van der Waals surface area contributed by atoms with Crippen LogP contribution in [0.5, 0.6) is 5.75 Å². The minimum absolute atomic E-state index is 0.113. The van der Waals surface area contributed by atoms with Crippen molar-refractivity contribution in [2.24, 2.45) is 0 Å². The van der Waals surface area contributed by atoms with Gasteiger partial charge in [0.05, 0.1) is 12.6 Å². The van der Waals surface area contributed by atoms with Gasteiger partial charge in [-0.05, 0) is 6.42 Å². The van der Waals surface area contributed by atoms with Crippen molar-refractivity contribution in [3.63, 3.8) is 0 Å². The normalized spacial score (nSPS) is 23.0. The van der Waals surface area contributed by atoms with Crippen molar-refractivity contribution in [3.05, 3.63) is 29.8 Å². The van der Waals surface area contributed by atoms with Gasteiger partial charge in [0.2, 0.25) is 5.91 Å². The summed E-state index contributed by atoms with van der Waals surface area (Å²) in [7, 11) is 0. The van der Waals surface area contributed by atoms with E-state index in [4.69, 9.17) is 4.74 Å². The molecule has 0 radical (unpaired) electrons. The van der Waals surface area contributed by atoms with Gasteiger partial charge in [0, 0.05) is 44.1 Å². The number of carbonyl (C=O) groups is 2. The van der Waals surface area contributed by atoms with Crippen LogP contribution in [0.4, 0.5) is 22.4 Å². The number of piperidine rings is 1. The van der Waals surface area contributed by atoms with E-state index in [0.29, 0.717) is 25.5 Å². The molecule has 2 fully saturated rings. The fraction of sp³-hybridized carbons (Fsp3) is 0.500. The minimum Gasteiger partial charge on any atom is -0.410 e. The van der Waals surface area contributed by atoms with Crippen molar-refractivity contribution in [1.82, 2.24) is 9.80 Å². The molecule has 0 aromatic heterocycles. The second kappa shape index (κ2) is 6.53. The average molecular weight is 360 g/mol. The van der Waals surface area contributed by atoms with Crippen LogP contribution in [0.25, 0.3) is 0 Å². The Balaban J connectivity index is 1.73. The highest BCUT2D eigenvalue weighted by atomic mass is 19.3. The molecule has 2 heterocycles. The number of amides is 2. The van der Waals surface area contributed by atoms with E-state index in [1.165, 1.54) is 4.90 Å². The molecule has 1 aromatic carbocycles. The van der Waals surface area contributed by atoms with Gasteiger partial charge < -0.3 is 9.64 Å². The molecule has 3 rings (SSSR count). The number of benzene rings is 1. The van der Waals surface area contributed by atoms with Crippen molar-refractivity contribution >= 4 is 12.0 Å². The molecule has 9 heteroatoms. The summed E-state index contributed by atoms with van der Waals surface area (Å²) in [6, 6.07) is 1.35. The van der Waals surface area contributed by atoms with Crippen LogP contribution >= 0.6 is 0 Å². The summed E-state index contributed by atoms with van der Waals surface area (Å²) in [6.45, 7) is -0.613. The predicted octanol–water partition coefficient (Wildman–Crippen LogP) is 2.80. The molecule has 0 bridgehead atoms. The van der Waals surface area contributed by atoms with Crippen LogP contribution in [-0.4, -0.2) is 53.4 Å². The highest BCUT2D eigenvalue weighted by molar-refractivity contribution is 5.78. The number of hydrogen-bond acceptors (Lipinski definition) is 3. The van der Waals surface area contributed by atoms with E-state index in [9.17, 15) is 27.2 Å². The maximum absolute atomic E-state index is 14.0. The van der Waals surface area contributed by atoms with Crippen molar-refractivity contribution in [1.29, 1.82) is 0 Å². The number of alkyl halides is 2. The predicted molar refractivity (Wildman–Crippen MR) is 78.3 cm³/mol. The third-order valence-electron chi connectivity index (χ3n) is 4.24. The van der Waals surface area contributed by atoms with Gasteiger partial charge in [-0.25, -0.2) is 22.4 Å². The lowest BCUT2D eigenvalue weighted by Gasteiger charge is -2.40. The second-order valence-electron chi connectivity index (χ2n) is 6.26. The Labute approximate surface area is 141 Å². The molecule has 2 aliphatic rings. The number of carbonyl (C=O) groups excluding carboxylic acids is 2. The summed E-state index contributed by atoms with van der Waals surface area (Å²) in [4.78, 5) is 26.1. The Bertz CT molecular complexity index is 678. The van der Waals surface area contributed by atoms with Gasteiger partial charge in [0.1, 0.15) is 17.4 Å². The highest BCUT2D eigenvalue weighted by Crippen LogP contribution is 2.32. The zero-order valence-corrected chi connectivity index (χ0v) is 13.2. The van der Waals surface area contributed by atoms with Gasteiger partial charge >= 0.3 is 6.09 Å². The van der Waals surface area contributed by atoms with E-state index in [0.717, 1.165) is 17.0 Å². The second-order valence-corrected chi connectivity index (χ2v) is 6.26. The van der Waals surface area contributed by atoms with Crippen molar-refractivity contribution < 1.29 is 31.9 Å². The molecular formula is C16H16F4N2O3. The number of halogens is 4. The topological polar surface area (TPSA) is 49.9 Å². The third-order valence-corrected chi connectivity index (χ3v) is 4.24. The van der Waals surface area contributed by atoms with Crippen molar-refractivity contribution in [2.75, 3.05) is 19.6 Å². The molecule has 0 spiro atoms. The molecule has 0 unspecified atom stereocenters. The zero-order chi connectivity index (χ0) is 18.2. The first-order chi connectivity index (χ1) is 11.7. The lowest BCUT2D eigenvalue weighted by atomic mass is 10.0. The summed E-state index contributed by atoms with van der Waals surface area (Å²) >= 11 is 0. The average Bonchev–Trinajstić information content (AvgIpc) is 2.90. The quantitative estimate of drug-likeness (QED) is 0.762. The highest BCUT2D eigenvalue weighted by Gasteiger charge is 2.46. The molecule has 1 aromatic rings. The minimum atomic E-state index is -3.18. The number of nitrogens with zero attached hydrogens (tertiary/aromatic N) is 2. The third kappa shape index (κ3) is 4.02. The number of likely N-dealkylation sites (tertiary alicyclic amines) is 2.